The predicted molar refractivity (Wildman–Crippen MR) is 105 cm³/mol. The van der Waals surface area contributed by atoms with Gasteiger partial charge >= 0.3 is 0 Å². The number of amides is 1. The van der Waals surface area contributed by atoms with E-state index in [0.29, 0.717) is 30.0 Å². The second-order valence-corrected chi connectivity index (χ2v) is 6.72. The van der Waals surface area contributed by atoms with Gasteiger partial charge in [-0.3, -0.25) is 10.1 Å². The Kier molecular flexibility index (Phi) is 4.87. The van der Waals surface area contributed by atoms with Crippen LogP contribution in [0.15, 0.2) is 45.4 Å². The van der Waals surface area contributed by atoms with Crippen molar-refractivity contribution in [3.05, 3.63) is 52.4 Å². The van der Waals surface area contributed by atoms with E-state index < -0.39 is 0 Å². The highest BCUT2D eigenvalue weighted by Gasteiger charge is 2.21. The van der Waals surface area contributed by atoms with Crippen LogP contribution in [0.5, 0.6) is 0 Å². The molecule has 0 spiro atoms. The molecule has 8 heteroatoms. The van der Waals surface area contributed by atoms with Gasteiger partial charge in [0.1, 0.15) is 11.5 Å². The lowest BCUT2D eigenvalue weighted by Crippen LogP contribution is -2.35. The van der Waals surface area contributed by atoms with E-state index in [9.17, 15) is 4.79 Å². The van der Waals surface area contributed by atoms with Gasteiger partial charge in [0.2, 0.25) is 5.96 Å². The third kappa shape index (κ3) is 3.99. The maximum absolute atomic E-state index is 12.2. The van der Waals surface area contributed by atoms with E-state index in [4.69, 9.17) is 20.8 Å². The minimum absolute atomic E-state index is 0.276. The van der Waals surface area contributed by atoms with Crippen LogP contribution >= 0.6 is 11.6 Å². The highest BCUT2D eigenvalue weighted by molar-refractivity contribution is 6.31. The normalized spacial score (nSPS) is 18.6. The maximum Gasteiger partial charge on any atom is 0.276 e. The molecule has 0 atom stereocenters. The molecule has 1 fully saturated rings. The Labute approximate surface area is 161 Å². The number of halogens is 1. The average Bonchev–Trinajstić information content (AvgIpc) is 3.26. The summed E-state index contributed by atoms with van der Waals surface area (Å²) in [6.45, 7) is 4.87. The van der Waals surface area contributed by atoms with Gasteiger partial charge in [0, 0.05) is 35.9 Å². The lowest BCUT2D eigenvalue weighted by molar-refractivity contribution is -0.115. The number of hydrogen-bond acceptors (Lipinski definition) is 6. The van der Waals surface area contributed by atoms with Gasteiger partial charge in [0.15, 0.2) is 5.88 Å². The number of hydrogen-bond donors (Lipinski definition) is 2. The molecular formula is C19H19ClN4O3. The van der Waals surface area contributed by atoms with Crippen LogP contribution < -0.4 is 15.5 Å². The molecule has 140 valence electrons. The summed E-state index contributed by atoms with van der Waals surface area (Å²) in [6.07, 6.45) is 1.62. The molecule has 2 aliphatic rings. The van der Waals surface area contributed by atoms with Crippen molar-refractivity contribution in [3.8, 4) is 0 Å². The lowest BCUT2D eigenvalue weighted by atomic mass is 10.2. The second kappa shape index (κ2) is 7.46. The molecule has 7 nitrogen and oxygen atoms in total. The van der Waals surface area contributed by atoms with Gasteiger partial charge in [-0.1, -0.05) is 17.7 Å². The Balaban J connectivity index is 1.49. The van der Waals surface area contributed by atoms with Crippen molar-refractivity contribution < 1.29 is 13.9 Å². The maximum atomic E-state index is 12.2. The SMILES string of the molecule is Cc1ccc(NC2=N/C(=C/c3ccc(N4CCOCC4)o3)C(=O)N2)cc1Cl. The summed E-state index contributed by atoms with van der Waals surface area (Å²) in [7, 11) is 0. The van der Waals surface area contributed by atoms with Crippen molar-refractivity contribution in [2.24, 2.45) is 4.99 Å². The highest BCUT2D eigenvalue weighted by atomic mass is 35.5. The molecule has 0 unspecified atom stereocenters. The van der Waals surface area contributed by atoms with Gasteiger partial charge in [-0.25, -0.2) is 4.99 Å². The number of guanidine groups is 1. The van der Waals surface area contributed by atoms with Crippen LogP contribution in [0.2, 0.25) is 5.02 Å². The van der Waals surface area contributed by atoms with E-state index in [-0.39, 0.29) is 11.6 Å². The first-order valence-electron chi connectivity index (χ1n) is 8.66. The monoisotopic (exact) mass is 386 g/mol. The fourth-order valence-corrected chi connectivity index (χ4v) is 3.02. The van der Waals surface area contributed by atoms with Crippen LogP contribution in [-0.2, 0) is 9.53 Å². The molecule has 1 aromatic heterocycles. The number of carbonyl (C=O) groups is 1. The molecule has 0 saturated carbocycles. The second-order valence-electron chi connectivity index (χ2n) is 6.31. The summed E-state index contributed by atoms with van der Waals surface area (Å²) in [5.74, 6) is 1.40. The number of rotatable bonds is 3. The van der Waals surface area contributed by atoms with Gasteiger partial charge in [-0.2, -0.15) is 0 Å². The number of aliphatic imine (C=N–C) groups is 1. The highest BCUT2D eigenvalue weighted by Crippen LogP contribution is 2.23. The Bertz CT molecular complexity index is 929. The van der Waals surface area contributed by atoms with E-state index in [2.05, 4.69) is 20.5 Å². The number of furan rings is 1. The van der Waals surface area contributed by atoms with Crippen molar-refractivity contribution in [3.63, 3.8) is 0 Å². The number of anilines is 2. The van der Waals surface area contributed by atoms with E-state index >= 15 is 0 Å². The Morgan fingerprint density at radius 1 is 1.26 bits per heavy atom. The molecule has 0 radical (unpaired) electrons. The van der Waals surface area contributed by atoms with Gasteiger partial charge in [-0.15, -0.1) is 0 Å². The molecule has 2 aromatic rings. The predicted octanol–water partition coefficient (Wildman–Crippen LogP) is 3.02. The van der Waals surface area contributed by atoms with Crippen LogP contribution in [0.1, 0.15) is 11.3 Å². The summed E-state index contributed by atoms with van der Waals surface area (Å²) in [5, 5.41) is 6.39. The fourth-order valence-electron chi connectivity index (χ4n) is 2.84. The first-order valence-corrected chi connectivity index (χ1v) is 9.04. The number of aryl methyl sites for hydroxylation is 1. The van der Waals surface area contributed by atoms with E-state index in [1.807, 2.05) is 31.2 Å². The first kappa shape index (κ1) is 17.6. The van der Waals surface area contributed by atoms with E-state index in [1.165, 1.54) is 0 Å². The topological polar surface area (TPSA) is 79.1 Å². The van der Waals surface area contributed by atoms with Crippen molar-refractivity contribution in [2.45, 2.75) is 6.92 Å². The summed E-state index contributed by atoms with van der Waals surface area (Å²) >= 11 is 6.13. The minimum Gasteiger partial charge on any atom is -0.441 e. The molecular weight excluding hydrogens is 368 g/mol. The van der Waals surface area contributed by atoms with Crippen LogP contribution in [0.25, 0.3) is 6.08 Å². The summed E-state index contributed by atoms with van der Waals surface area (Å²) < 4.78 is 11.2. The van der Waals surface area contributed by atoms with Crippen LogP contribution in [-0.4, -0.2) is 38.2 Å². The molecule has 1 amide bonds. The summed E-state index contributed by atoms with van der Waals surface area (Å²) in [6, 6.07) is 9.27. The Morgan fingerprint density at radius 3 is 2.85 bits per heavy atom. The molecule has 27 heavy (non-hydrogen) atoms. The van der Waals surface area contributed by atoms with Crippen LogP contribution in [0, 0.1) is 6.92 Å². The molecule has 4 rings (SSSR count). The third-order valence-corrected chi connectivity index (χ3v) is 4.75. The molecule has 1 aromatic carbocycles. The average molecular weight is 387 g/mol. The molecule has 1 saturated heterocycles. The Hall–Kier alpha value is -2.77. The quantitative estimate of drug-likeness (QED) is 0.793. The largest absolute Gasteiger partial charge is 0.441 e. The molecule has 0 aliphatic carbocycles. The standard InChI is InChI=1S/C19H19ClN4O3/c1-12-2-3-13(10-15(12)20)21-19-22-16(18(25)23-19)11-14-4-5-17(27-14)24-6-8-26-9-7-24/h2-5,10-11H,6-9H2,1H3,(H2,21,22,23,25)/b16-11+. The van der Waals surface area contributed by atoms with Crippen molar-refractivity contribution in [1.29, 1.82) is 0 Å². The lowest BCUT2D eigenvalue weighted by Gasteiger charge is -2.26. The number of benzene rings is 1. The molecule has 3 heterocycles. The minimum atomic E-state index is -0.292. The van der Waals surface area contributed by atoms with Gasteiger partial charge in [-0.05, 0) is 30.7 Å². The molecule has 2 aliphatic heterocycles. The third-order valence-electron chi connectivity index (χ3n) is 4.35. The molecule has 0 bridgehead atoms. The fraction of sp³-hybridized carbons (Fsp3) is 0.263. The smallest absolute Gasteiger partial charge is 0.276 e. The van der Waals surface area contributed by atoms with Crippen molar-refractivity contribution in [2.75, 3.05) is 36.5 Å². The first-order chi connectivity index (χ1) is 13.1. The van der Waals surface area contributed by atoms with Crippen LogP contribution in [0.4, 0.5) is 11.6 Å². The molecule has 2 N–H and O–H groups in total. The number of carbonyl (C=O) groups excluding carboxylic acids is 1. The zero-order valence-corrected chi connectivity index (χ0v) is 15.5. The number of nitrogens with zero attached hydrogens (tertiary/aromatic N) is 2. The summed E-state index contributed by atoms with van der Waals surface area (Å²) in [4.78, 5) is 18.6. The summed E-state index contributed by atoms with van der Waals surface area (Å²) in [5.41, 5.74) is 2.01. The number of ether oxygens (including phenoxy) is 1. The van der Waals surface area contributed by atoms with Crippen molar-refractivity contribution in [1.82, 2.24) is 5.32 Å². The zero-order chi connectivity index (χ0) is 18.8. The number of morpholine rings is 1. The van der Waals surface area contributed by atoms with E-state index in [0.717, 1.165) is 30.2 Å². The van der Waals surface area contributed by atoms with Crippen LogP contribution in [0.3, 0.4) is 0 Å². The number of nitrogens with one attached hydrogen (secondary N) is 2. The van der Waals surface area contributed by atoms with Gasteiger partial charge in [0.05, 0.1) is 13.2 Å². The van der Waals surface area contributed by atoms with Gasteiger partial charge in [0.25, 0.3) is 5.91 Å². The Morgan fingerprint density at radius 2 is 2.07 bits per heavy atom. The van der Waals surface area contributed by atoms with Gasteiger partial charge < -0.3 is 19.4 Å². The zero-order valence-electron chi connectivity index (χ0n) is 14.8. The van der Waals surface area contributed by atoms with Crippen molar-refractivity contribution >= 4 is 41.1 Å². The van der Waals surface area contributed by atoms with E-state index in [1.54, 1.807) is 12.1 Å².